The van der Waals surface area contributed by atoms with Gasteiger partial charge in [-0.25, -0.2) is 4.98 Å². The molecular weight excluding hydrogens is 296 g/mol. The van der Waals surface area contributed by atoms with Crippen molar-refractivity contribution in [2.75, 3.05) is 11.1 Å². The second-order valence-corrected chi connectivity index (χ2v) is 5.83. The van der Waals surface area contributed by atoms with Crippen molar-refractivity contribution in [2.24, 2.45) is 0 Å². The number of benzene rings is 1. The van der Waals surface area contributed by atoms with Crippen LogP contribution in [0.3, 0.4) is 0 Å². The zero-order chi connectivity index (χ0) is 14.4. The number of carboxylic acid groups (broad SMARTS) is 1. The van der Waals surface area contributed by atoms with Crippen LogP contribution in [0.2, 0.25) is 0 Å². The maximum atomic E-state index is 11.7. The van der Waals surface area contributed by atoms with Crippen LogP contribution in [-0.2, 0) is 16.0 Å². The minimum absolute atomic E-state index is 0.00940. The molecular formula is C13H12N2O3S2. The van der Waals surface area contributed by atoms with Crippen LogP contribution in [0, 0.1) is 0 Å². The van der Waals surface area contributed by atoms with Gasteiger partial charge in [0.05, 0.1) is 12.2 Å². The van der Waals surface area contributed by atoms with E-state index < -0.39 is 5.97 Å². The Morgan fingerprint density at radius 3 is 2.65 bits per heavy atom. The van der Waals surface area contributed by atoms with E-state index in [9.17, 15) is 9.59 Å². The quantitative estimate of drug-likeness (QED) is 0.802. The summed E-state index contributed by atoms with van der Waals surface area (Å²) < 4.78 is 0. The van der Waals surface area contributed by atoms with Crippen LogP contribution in [0.1, 0.15) is 5.56 Å². The lowest BCUT2D eigenvalue weighted by Crippen LogP contribution is -2.13. The van der Waals surface area contributed by atoms with Gasteiger partial charge >= 0.3 is 5.97 Å². The Bertz CT molecular complexity index is 582. The van der Waals surface area contributed by atoms with Crippen LogP contribution in [0.25, 0.3) is 0 Å². The molecule has 2 aromatic rings. The van der Waals surface area contributed by atoms with Gasteiger partial charge in [-0.15, -0.1) is 23.1 Å². The van der Waals surface area contributed by atoms with Crippen molar-refractivity contribution in [1.82, 2.24) is 4.98 Å². The predicted octanol–water partition coefficient (Wildman–Crippen LogP) is 2.50. The molecule has 1 aromatic carbocycles. The normalized spacial score (nSPS) is 10.2. The maximum absolute atomic E-state index is 11.7. The molecule has 2 N–H and O–H groups in total. The molecule has 0 spiro atoms. The summed E-state index contributed by atoms with van der Waals surface area (Å²) in [6, 6.07) is 7.16. The lowest BCUT2D eigenvalue weighted by Gasteiger charge is -2.03. The van der Waals surface area contributed by atoms with E-state index in [1.807, 2.05) is 12.1 Å². The van der Waals surface area contributed by atoms with Crippen molar-refractivity contribution in [3.05, 3.63) is 41.4 Å². The number of carboxylic acids is 1. The minimum Gasteiger partial charge on any atom is -0.481 e. The number of hydrogen-bond donors (Lipinski definition) is 2. The van der Waals surface area contributed by atoms with Gasteiger partial charge in [0.25, 0.3) is 0 Å². The fourth-order valence-electron chi connectivity index (χ4n) is 1.47. The molecule has 0 saturated heterocycles. The molecule has 0 unspecified atom stereocenters. The fourth-order valence-corrected chi connectivity index (χ4v) is 2.71. The van der Waals surface area contributed by atoms with Gasteiger partial charge in [-0.2, -0.15) is 0 Å². The van der Waals surface area contributed by atoms with E-state index in [2.05, 4.69) is 10.3 Å². The molecule has 0 aliphatic rings. The van der Waals surface area contributed by atoms with Crippen LogP contribution >= 0.6 is 23.1 Å². The topological polar surface area (TPSA) is 79.3 Å². The second-order valence-electron chi connectivity index (χ2n) is 3.89. The second kappa shape index (κ2) is 7.06. The highest BCUT2D eigenvalue weighted by atomic mass is 32.2. The van der Waals surface area contributed by atoms with Gasteiger partial charge < -0.3 is 10.4 Å². The van der Waals surface area contributed by atoms with Crippen molar-refractivity contribution in [1.29, 1.82) is 0 Å². The number of carbonyl (C=O) groups is 2. The van der Waals surface area contributed by atoms with Gasteiger partial charge in [0.15, 0.2) is 5.13 Å². The smallest absolute Gasteiger partial charge is 0.307 e. The molecule has 5 nitrogen and oxygen atoms in total. The monoisotopic (exact) mass is 308 g/mol. The number of aromatic nitrogens is 1. The van der Waals surface area contributed by atoms with Crippen LogP contribution in [0.4, 0.5) is 5.13 Å². The Kier molecular flexibility index (Phi) is 5.14. The summed E-state index contributed by atoms with van der Waals surface area (Å²) in [5.74, 6) is -0.675. The lowest BCUT2D eigenvalue weighted by atomic mass is 10.2. The highest BCUT2D eigenvalue weighted by Crippen LogP contribution is 2.19. The SMILES string of the molecule is O=C(O)Cc1ccc(SCC(=O)Nc2nccs2)cc1. The molecule has 0 saturated carbocycles. The van der Waals surface area contributed by atoms with Gasteiger partial charge in [0, 0.05) is 16.5 Å². The van der Waals surface area contributed by atoms with Crippen molar-refractivity contribution in [2.45, 2.75) is 11.3 Å². The average Bonchev–Trinajstić information content (AvgIpc) is 2.90. The van der Waals surface area contributed by atoms with E-state index in [4.69, 9.17) is 5.11 Å². The molecule has 0 fully saturated rings. The van der Waals surface area contributed by atoms with E-state index in [-0.39, 0.29) is 18.1 Å². The van der Waals surface area contributed by atoms with Gasteiger partial charge in [-0.3, -0.25) is 9.59 Å². The zero-order valence-electron chi connectivity index (χ0n) is 10.4. The molecule has 7 heteroatoms. The predicted molar refractivity (Wildman–Crippen MR) is 79.2 cm³/mol. The maximum Gasteiger partial charge on any atom is 0.307 e. The Balaban J connectivity index is 1.81. The molecule has 104 valence electrons. The van der Waals surface area contributed by atoms with Crippen LogP contribution in [0.5, 0.6) is 0 Å². The first-order chi connectivity index (χ1) is 9.63. The summed E-state index contributed by atoms with van der Waals surface area (Å²) in [6.07, 6.45) is 1.64. The number of nitrogens with one attached hydrogen (secondary N) is 1. The van der Waals surface area contributed by atoms with Gasteiger partial charge in [0.2, 0.25) is 5.91 Å². The molecule has 20 heavy (non-hydrogen) atoms. The molecule has 1 aromatic heterocycles. The number of anilines is 1. The highest BCUT2D eigenvalue weighted by Gasteiger charge is 2.06. The summed E-state index contributed by atoms with van der Waals surface area (Å²) in [7, 11) is 0. The molecule has 0 bridgehead atoms. The number of carbonyl (C=O) groups excluding carboxylic acids is 1. The first-order valence-electron chi connectivity index (χ1n) is 5.76. The molecule has 1 heterocycles. The first kappa shape index (κ1) is 14.5. The van der Waals surface area contributed by atoms with E-state index in [0.717, 1.165) is 10.5 Å². The van der Waals surface area contributed by atoms with Crippen molar-refractivity contribution in [3.8, 4) is 0 Å². The number of rotatable bonds is 6. The molecule has 0 aliphatic carbocycles. The Morgan fingerprint density at radius 2 is 2.05 bits per heavy atom. The van der Waals surface area contributed by atoms with Crippen molar-refractivity contribution < 1.29 is 14.7 Å². The Morgan fingerprint density at radius 1 is 1.30 bits per heavy atom. The summed E-state index contributed by atoms with van der Waals surface area (Å²) in [4.78, 5) is 27.1. The van der Waals surface area contributed by atoms with Crippen molar-refractivity contribution >= 4 is 40.1 Å². The number of thiazole rings is 1. The van der Waals surface area contributed by atoms with Crippen molar-refractivity contribution in [3.63, 3.8) is 0 Å². The number of aliphatic carboxylic acids is 1. The zero-order valence-corrected chi connectivity index (χ0v) is 12.0. The van der Waals surface area contributed by atoms with Gasteiger partial charge in [-0.1, -0.05) is 12.1 Å². The molecule has 0 atom stereocenters. The van der Waals surface area contributed by atoms with E-state index in [1.165, 1.54) is 23.1 Å². The largest absolute Gasteiger partial charge is 0.481 e. The number of hydrogen-bond acceptors (Lipinski definition) is 5. The molecule has 0 aliphatic heterocycles. The number of thioether (sulfide) groups is 1. The number of nitrogens with zero attached hydrogens (tertiary/aromatic N) is 1. The van der Waals surface area contributed by atoms with Gasteiger partial charge in [0.1, 0.15) is 0 Å². The summed E-state index contributed by atoms with van der Waals surface area (Å²) in [5, 5.41) is 13.8. The van der Waals surface area contributed by atoms with Crippen LogP contribution < -0.4 is 5.32 Å². The van der Waals surface area contributed by atoms with Crippen LogP contribution in [0.15, 0.2) is 40.7 Å². The first-order valence-corrected chi connectivity index (χ1v) is 7.63. The fraction of sp³-hybridized carbons (Fsp3) is 0.154. The highest BCUT2D eigenvalue weighted by molar-refractivity contribution is 8.00. The summed E-state index contributed by atoms with van der Waals surface area (Å²) >= 11 is 2.77. The molecule has 2 rings (SSSR count). The molecule has 0 radical (unpaired) electrons. The Hall–Kier alpha value is -1.86. The number of amides is 1. The summed E-state index contributed by atoms with van der Waals surface area (Å²) in [6.45, 7) is 0. The average molecular weight is 308 g/mol. The van der Waals surface area contributed by atoms with E-state index >= 15 is 0 Å². The summed E-state index contributed by atoms with van der Waals surface area (Å²) in [5.41, 5.74) is 0.745. The third kappa shape index (κ3) is 4.67. The third-order valence-electron chi connectivity index (χ3n) is 2.33. The van der Waals surface area contributed by atoms with E-state index in [1.54, 1.807) is 23.7 Å². The lowest BCUT2D eigenvalue weighted by molar-refractivity contribution is -0.136. The third-order valence-corrected chi connectivity index (χ3v) is 4.03. The standard InChI is InChI=1S/C13H12N2O3S2/c16-11(15-13-14-5-6-19-13)8-20-10-3-1-9(2-4-10)7-12(17)18/h1-6H,7-8H2,(H,17,18)(H,14,15,16). The van der Waals surface area contributed by atoms with E-state index in [0.29, 0.717) is 5.13 Å². The molecule has 1 amide bonds. The minimum atomic E-state index is -0.853. The van der Waals surface area contributed by atoms with Crippen LogP contribution in [-0.4, -0.2) is 27.7 Å². The van der Waals surface area contributed by atoms with Gasteiger partial charge in [-0.05, 0) is 17.7 Å². The Labute approximate surface area is 124 Å².